The summed E-state index contributed by atoms with van der Waals surface area (Å²) < 4.78 is 0. The summed E-state index contributed by atoms with van der Waals surface area (Å²) in [4.78, 5) is 9.25. The first-order valence-corrected chi connectivity index (χ1v) is 6.96. The maximum absolute atomic E-state index is 4.64. The number of nitrogens with one attached hydrogen (secondary N) is 1. The van der Waals surface area contributed by atoms with Crippen molar-refractivity contribution < 1.29 is 0 Å². The van der Waals surface area contributed by atoms with Crippen LogP contribution in [0.2, 0.25) is 0 Å². The number of hydrogen-bond acceptors (Lipinski definition) is 3. The summed E-state index contributed by atoms with van der Waals surface area (Å²) in [5.41, 5.74) is 3.59. The van der Waals surface area contributed by atoms with Gasteiger partial charge in [-0.2, -0.15) is 0 Å². The van der Waals surface area contributed by atoms with E-state index in [0.29, 0.717) is 5.92 Å². The molecule has 1 saturated carbocycles. The number of anilines is 1. The molecule has 1 N–H and O–H groups in total. The summed E-state index contributed by atoms with van der Waals surface area (Å²) in [5.74, 6) is 2.47. The predicted molar refractivity (Wildman–Crippen MR) is 78.3 cm³/mol. The van der Waals surface area contributed by atoms with Crippen LogP contribution in [0.15, 0.2) is 30.3 Å². The van der Waals surface area contributed by atoms with Crippen LogP contribution in [0, 0.1) is 6.92 Å². The first-order chi connectivity index (χ1) is 9.28. The van der Waals surface area contributed by atoms with Crippen molar-refractivity contribution in [2.45, 2.75) is 32.6 Å². The van der Waals surface area contributed by atoms with Gasteiger partial charge >= 0.3 is 0 Å². The van der Waals surface area contributed by atoms with Gasteiger partial charge < -0.3 is 5.32 Å². The highest BCUT2D eigenvalue weighted by molar-refractivity contribution is 5.63. The van der Waals surface area contributed by atoms with Gasteiger partial charge in [-0.25, -0.2) is 9.97 Å². The third kappa shape index (κ3) is 2.60. The van der Waals surface area contributed by atoms with Crippen LogP contribution in [0.25, 0.3) is 11.4 Å². The smallest absolute Gasteiger partial charge is 0.162 e. The monoisotopic (exact) mass is 253 g/mol. The van der Waals surface area contributed by atoms with E-state index in [1.165, 1.54) is 24.0 Å². The van der Waals surface area contributed by atoms with Gasteiger partial charge in [-0.15, -0.1) is 0 Å². The highest BCUT2D eigenvalue weighted by Crippen LogP contribution is 2.43. The normalized spacial score (nSPS) is 14.4. The molecule has 1 aliphatic carbocycles. The number of benzene rings is 1. The largest absolute Gasteiger partial charge is 0.370 e. The Hall–Kier alpha value is -1.90. The Morgan fingerprint density at radius 3 is 2.74 bits per heavy atom. The molecule has 3 rings (SSSR count). The zero-order valence-corrected chi connectivity index (χ0v) is 11.5. The van der Waals surface area contributed by atoms with E-state index in [1.54, 1.807) is 0 Å². The summed E-state index contributed by atoms with van der Waals surface area (Å²) in [6.07, 6.45) is 2.59. The fourth-order valence-electron chi connectivity index (χ4n) is 2.41. The fraction of sp³-hybridized carbons (Fsp3) is 0.375. The van der Waals surface area contributed by atoms with Gasteiger partial charge in [-0.1, -0.05) is 24.3 Å². The molecule has 0 bridgehead atoms. The second kappa shape index (κ2) is 5.00. The molecule has 1 heterocycles. The lowest BCUT2D eigenvalue weighted by Crippen LogP contribution is -2.03. The van der Waals surface area contributed by atoms with Crippen LogP contribution in [0.3, 0.4) is 0 Å². The zero-order chi connectivity index (χ0) is 13.2. The first-order valence-electron chi connectivity index (χ1n) is 6.96. The highest BCUT2D eigenvalue weighted by atomic mass is 15.0. The van der Waals surface area contributed by atoms with Crippen molar-refractivity contribution in [3.05, 3.63) is 41.6 Å². The number of rotatable bonds is 4. The van der Waals surface area contributed by atoms with Gasteiger partial charge in [0.25, 0.3) is 0 Å². The zero-order valence-electron chi connectivity index (χ0n) is 11.5. The Labute approximate surface area is 114 Å². The van der Waals surface area contributed by atoms with Gasteiger partial charge in [0, 0.05) is 23.9 Å². The van der Waals surface area contributed by atoms with E-state index in [2.05, 4.69) is 46.5 Å². The van der Waals surface area contributed by atoms with Gasteiger partial charge in [0.15, 0.2) is 5.82 Å². The number of aryl methyl sites for hydroxylation is 1. The summed E-state index contributed by atoms with van der Waals surface area (Å²) in [6.45, 7) is 4.97. The van der Waals surface area contributed by atoms with Crippen molar-refractivity contribution in [3.63, 3.8) is 0 Å². The molecule has 0 amide bonds. The lowest BCUT2D eigenvalue weighted by Gasteiger charge is -2.10. The van der Waals surface area contributed by atoms with Gasteiger partial charge in [-0.3, -0.25) is 0 Å². The maximum Gasteiger partial charge on any atom is 0.162 e. The van der Waals surface area contributed by atoms with E-state index in [1.807, 2.05) is 13.0 Å². The second-order valence-electron chi connectivity index (χ2n) is 5.11. The fourth-order valence-corrected chi connectivity index (χ4v) is 2.41. The molecule has 0 unspecified atom stereocenters. The van der Waals surface area contributed by atoms with E-state index in [0.717, 1.165) is 23.9 Å². The molecular weight excluding hydrogens is 234 g/mol. The summed E-state index contributed by atoms with van der Waals surface area (Å²) in [7, 11) is 0. The standard InChI is InChI=1S/C16H19N3/c1-3-17-15-10-11(2)18-16(19-15)14-7-5-4-6-13(14)12-8-9-12/h4-7,10,12H,3,8-9H2,1-2H3,(H,17,18,19). The lowest BCUT2D eigenvalue weighted by molar-refractivity contribution is 1.06. The summed E-state index contributed by atoms with van der Waals surface area (Å²) in [6, 6.07) is 10.5. The van der Waals surface area contributed by atoms with Gasteiger partial charge in [0.05, 0.1) is 0 Å². The van der Waals surface area contributed by atoms with Crippen molar-refractivity contribution in [2.24, 2.45) is 0 Å². The second-order valence-corrected chi connectivity index (χ2v) is 5.11. The quantitative estimate of drug-likeness (QED) is 0.901. The lowest BCUT2D eigenvalue weighted by atomic mass is 10.0. The van der Waals surface area contributed by atoms with Crippen molar-refractivity contribution in [2.75, 3.05) is 11.9 Å². The molecule has 0 aliphatic heterocycles. The minimum atomic E-state index is 0.711. The predicted octanol–water partition coefficient (Wildman–Crippen LogP) is 3.76. The van der Waals surface area contributed by atoms with Crippen LogP contribution in [0.5, 0.6) is 0 Å². The molecule has 3 heteroatoms. The number of hydrogen-bond donors (Lipinski definition) is 1. The SMILES string of the molecule is CCNc1cc(C)nc(-c2ccccc2C2CC2)n1. The maximum atomic E-state index is 4.64. The Morgan fingerprint density at radius 2 is 2.00 bits per heavy atom. The third-order valence-corrected chi connectivity index (χ3v) is 3.43. The highest BCUT2D eigenvalue weighted by Gasteiger charge is 2.26. The van der Waals surface area contributed by atoms with Crippen LogP contribution >= 0.6 is 0 Å². The molecule has 1 aromatic carbocycles. The molecule has 1 aromatic heterocycles. The average molecular weight is 253 g/mol. The third-order valence-electron chi connectivity index (χ3n) is 3.43. The van der Waals surface area contributed by atoms with E-state index in [4.69, 9.17) is 0 Å². The van der Waals surface area contributed by atoms with E-state index in [-0.39, 0.29) is 0 Å². The molecule has 19 heavy (non-hydrogen) atoms. The Kier molecular flexibility index (Phi) is 3.20. The molecule has 1 aliphatic rings. The topological polar surface area (TPSA) is 37.8 Å². The summed E-state index contributed by atoms with van der Waals surface area (Å²) in [5, 5.41) is 3.27. The molecule has 0 saturated heterocycles. The van der Waals surface area contributed by atoms with Crippen LogP contribution in [-0.2, 0) is 0 Å². The van der Waals surface area contributed by atoms with Gasteiger partial charge in [0.2, 0.25) is 0 Å². The van der Waals surface area contributed by atoms with E-state index in [9.17, 15) is 0 Å². The molecule has 1 fully saturated rings. The van der Waals surface area contributed by atoms with Gasteiger partial charge in [0.1, 0.15) is 5.82 Å². The Balaban J connectivity index is 2.06. The van der Waals surface area contributed by atoms with Gasteiger partial charge in [-0.05, 0) is 38.2 Å². The Morgan fingerprint density at radius 1 is 1.21 bits per heavy atom. The van der Waals surface area contributed by atoms with Crippen LogP contribution in [-0.4, -0.2) is 16.5 Å². The molecule has 0 radical (unpaired) electrons. The molecule has 3 nitrogen and oxygen atoms in total. The minimum absolute atomic E-state index is 0.711. The first kappa shape index (κ1) is 12.2. The minimum Gasteiger partial charge on any atom is -0.370 e. The molecule has 0 spiro atoms. The molecule has 98 valence electrons. The molecule has 2 aromatic rings. The molecular formula is C16H19N3. The van der Waals surface area contributed by atoms with Crippen LogP contribution in [0.1, 0.15) is 36.9 Å². The average Bonchev–Trinajstić information content (AvgIpc) is 3.23. The molecule has 0 atom stereocenters. The van der Waals surface area contributed by atoms with Crippen LogP contribution < -0.4 is 5.32 Å². The van der Waals surface area contributed by atoms with Crippen molar-refractivity contribution >= 4 is 5.82 Å². The van der Waals surface area contributed by atoms with Crippen molar-refractivity contribution in [1.29, 1.82) is 0 Å². The Bertz CT molecular complexity index is 588. The number of aromatic nitrogens is 2. The van der Waals surface area contributed by atoms with E-state index < -0.39 is 0 Å². The van der Waals surface area contributed by atoms with Crippen molar-refractivity contribution in [1.82, 2.24) is 9.97 Å². The number of nitrogens with zero attached hydrogens (tertiary/aromatic N) is 2. The van der Waals surface area contributed by atoms with Crippen molar-refractivity contribution in [3.8, 4) is 11.4 Å². The summed E-state index contributed by atoms with van der Waals surface area (Å²) >= 11 is 0. The van der Waals surface area contributed by atoms with Crippen LogP contribution in [0.4, 0.5) is 5.82 Å². The van der Waals surface area contributed by atoms with E-state index >= 15 is 0 Å².